The Hall–Kier alpha value is -0.788. The fourth-order valence-electron chi connectivity index (χ4n) is 0.541. The zero-order valence-corrected chi connectivity index (χ0v) is 7.73. The molecule has 0 aromatic carbocycles. The molecule has 0 aliphatic carbocycles. The SMILES string of the molecule is CC#[C][Al]([C]#CC)[C]#CC. The molecule has 48 valence electrons. The van der Waals surface area contributed by atoms with E-state index in [-0.39, 0.29) is 0 Å². The van der Waals surface area contributed by atoms with Gasteiger partial charge in [0.15, 0.2) is 0 Å². The molecule has 0 N–H and O–H groups in total. The molecule has 0 atom stereocenters. The second-order valence-electron chi connectivity index (χ2n) is 1.62. The highest BCUT2D eigenvalue weighted by atomic mass is 27.2. The number of hydrogen-bond donors (Lipinski definition) is 0. The average Bonchev–Trinajstić information content (AvgIpc) is 1.90. The molecule has 1 heteroatoms. The van der Waals surface area contributed by atoms with E-state index in [0.717, 1.165) is 0 Å². The van der Waals surface area contributed by atoms with E-state index in [1.807, 2.05) is 20.8 Å². The van der Waals surface area contributed by atoms with Crippen LogP contribution in [-0.4, -0.2) is 14.1 Å². The first kappa shape index (κ1) is 9.21. The molecule has 0 aromatic rings. The van der Waals surface area contributed by atoms with E-state index in [1.165, 1.54) is 0 Å². The molecule has 10 heavy (non-hydrogen) atoms. The maximum atomic E-state index is 3.03. The van der Waals surface area contributed by atoms with Crippen molar-refractivity contribution >= 4 is 14.1 Å². The highest BCUT2D eigenvalue weighted by Crippen LogP contribution is 1.73. The third-order valence-corrected chi connectivity index (χ3v) is 2.60. The van der Waals surface area contributed by atoms with Crippen LogP contribution in [-0.2, 0) is 0 Å². The predicted molar refractivity (Wildman–Crippen MR) is 46.1 cm³/mol. The van der Waals surface area contributed by atoms with E-state index < -0.39 is 14.1 Å². The van der Waals surface area contributed by atoms with Gasteiger partial charge in [0.2, 0.25) is 0 Å². The number of hydrogen-bond acceptors (Lipinski definition) is 0. The summed E-state index contributed by atoms with van der Waals surface area (Å²) < 4.78 is 0. The van der Waals surface area contributed by atoms with Gasteiger partial charge in [-0.2, -0.15) is 14.3 Å². The molecule has 0 amide bonds. The summed E-state index contributed by atoms with van der Waals surface area (Å²) in [6.07, 6.45) is 0. The first-order chi connectivity index (χ1) is 4.85. The van der Waals surface area contributed by atoms with Crippen LogP contribution in [0.2, 0.25) is 0 Å². The van der Waals surface area contributed by atoms with Crippen LogP contribution in [0.15, 0.2) is 0 Å². The monoisotopic (exact) mass is 144 g/mol. The van der Waals surface area contributed by atoms with Crippen LogP contribution in [0.5, 0.6) is 0 Å². The molecule has 0 fully saturated rings. The minimum atomic E-state index is -1.32. The van der Waals surface area contributed by atoms with Gasteiger partial charge in [-0.15, -0.1) is 17.8 Å². The van der Waals surface area contributed by atoms with Gasteiger partial charge in [0.25, 0.3) is 0 Å². The standard InChI is InChI=1S/3C3H3.Al/c3*1-3-2;/h3*1H3;. The predicted octanol–water partition coefficient (Wildman–Crippen LogP) is 1.17. The first-order valence-electron chi connectivity index (χ1n) is 3.12. The summed E-state index contributed by atoms with van der Waals surface area (Å²) in [7, 11) is 0. The van der Waals surface area contributed by atoms with Crippen molar-refractivity contribution in [2.45, 2.75) is 20.8 Å². The third-order valence-electron chi connectivity index (χ3n) is 0.866. The molecule has 0 aliphatic heterocycles. The van der Waals surface area contributed by atoms with Crippen molar-refractivity contribution in [3.63, 3.8) is 0 Å². The second-order valence-corrected chi connectivity index (χ2v) is 3.35. The zero-order valence-electron chi connectivity index (χ0n) is 6.58. The highest BCUT2D eigenvalue weighted by molar-refractivity contribution is 6.82. The average molecular weight is 144 g/mol. The second kappa shape index (κ2) is 6.33. The smallest absolute Gasteiger partial charge is 0.169 e. The zero-order chi connectivity index (χ0) is 7.82. The Balaban J connectivity index is 4.26. The topological polar surface area (TPSA) is 0 Å². The van der Waals surface area contributed by atoms with Crippen molar-refractivity contribution in [2.75, 3.05) is 0 Å². The summed E-state index contributed by atoms with van der Waals surface area (Å²) in [6.45, 7) is 5.48. The molecule has 0 nitrogen and oxygen atoms in total. The summed E-state index contributed by atoms with van der Waals surface area (Å²) >= 11 is -1.32. The molecule has 0 bridgehead atoms. The van der Waals surface area contributed by atoms with Gasteiger partial charge >= 0.3 is 14.1 Å². The molecule has 0 aliphatic rings. The normalized spacial score (nSPS) is 5.10. The molecular weight excluding hydrogens is 135 g/mol. The van der Waals surface area contributed by atoms with Crippen molar-refractivity contribution in [2.24, 2.45) is 0 Å². The van der Waals surface area contributed by atoms with Gasteiger partial charge in [-0.3, -0.25) is 0 Å². The minimum Gasteiger partial charge on any atom is -0.169 e. The van der Waals surface area contributed by atoms with Gasteiger partial charge in [-0.05, 0) is 20.8 Å². The van der Waals surface area contributed by atoms with Crippen LogP contribution in [0.1, 0.15) is 20.8 Å². The van der Waals surface area contributed by atoms with Crippen molar-refractivity contribution < 1.29 is 0 Å². The van der Waals surface area contributed by atoms with Crippen LogP contribution in [0, 0.1) is 32.1 Å². The Labute approximate surface area is 67.4 Å². The molecule has 0 unspecified atom stereocenters. The molecule has 0 aromatic heterocycles. The summed E-state index contributed by atoms with van der Waals surface area (Å²) in [5.41, 5.74) is 0. The van der Waals surface area contributed by atoms with Crippen molar-refractivity contribution in [1.82, 2.24) is 0 Å². The minimum absolute atomic E-state index is 1.32. The lowest BCUT2D eigenvalue weighted by atomic mass is 10.8. The lowest BCUT2D eigenvalue weighted by Crippen LogP contribution is -2.03. The maximum Gasteiger partial charge on any atom is 0.574 e. The fraction of sp³-hybridized carbons (Fsp3) is 0.333. The van der Waals surface area contributed by atoms with Gasteiger partial charge in [-0.1, -0.05) is 0 Å². The van der Waals surface area contributed by atoms with Crippen LogP contribution in [0.25, 0.3) is 0 Å². The Morgan fingerprint density at radius 1 is 0.700 bits per heavy atom. The lowest BCUT2D eigenvalue weighted by molar-refractivity contribution is 1.91. The molecule has 0 saturated carbocycles. The van der Waals surface area contributed by atoms with E-state index >= 15 is 0 Å². The lowest BCUT2D eigenvalue weighted by Gasteiger charge is -1.76. The Morgan fingerprint density at radius 2 is 1.00 bits per heavy atom. The molecule has 0 spiro atoms. The van der Waals surface area contributed by atoms with Gasteiger partial charge in [-0.25, -0.2) is 0 Å². The van der Waals surface area contributed by atoms with E-state index in [2.05, 4.69) is 32.1 Å². The van der Waals surface area contributed by atoms with Gasteiger partial charge in [0.05, 0.1) is 0 Å². The van der Waals surface area contributed by atoms with Gasteiger partial charge < -0.3 is 0 Å². The van der Waals surface area contributed by atoms with Gasteiger partial charge in [0, 0.05) is 0 Å². The Bertz CT molecular complexity index is 209. The van der Waals surface area contributed by atoms with E-state index in [9.17, 15) is 0 Å². The van der Waals surface area contributed by atoms with Gasteiger partial charge in [0.1, 0.15) is 0 Å². The van der Waals surface area contributed by atoms with Crippen molar-refractivity contribution in [3.05, 3.63) is 0 Å². The summed E-state index contributed by atoms with van der Waals surface area (Å²) in [6, 6.07) is 0. The molecule has 0 radical (unpaired) electrons. The summed E-state index contributed by atoms with van der Waals surface area (Å²) in [4.78, 5) is 9.08. The van der Waals surface area contributed by atoms with Crippen LogP contribution in [0.4, 0.5) is 0 Å². The molecule has 0 heterocycles. The quantitative estimate of drug-likeness (QED) is 0.353. The highest BCUT2D eigenvalue weighted by Gasteiger charge is 2.06. The van der Waals surface area contributed by atoms with Crippen LogP contribution >= 0.6 is 0 Å². The summed E-state index contributed by atoms with van der Waals surface area (Å²) in [5, 5.41) is 0. The third kappa shape index (κ3) is 4.13. The summed E-state index contributed by atoms with van der Waals surface area (Å²) in [5.74, 6) is 8.53. The van der Waals surface area contributed by atoms with E-state index in [1.54, 1.807) is 0 Å². The van der Waals surface area contributed by atoms with Crippen molar-refractivity contribution in [1.29, 1.82) is 0 Å². The fourth-order valence-corrected chi connectivity index (χ4v) is 1.62. The maximum absolute atomic E-state index is 3.03. The van der Waals surface area contributed by atoms with Crippen molar-refractivity contribution in [3.8, 4) is 32.1 Å². The van der Waals surface area contributed by atoms with Crippen LogP contribution in [0.3, 0.4) is 0 Å². The largest absolute Gasteiger partial charge is 0.574 e. The van der Waals surface area contributed by atoms with E-state index in [0.29, 0.717) is 0 Å². The molecule has 0 saturated heterocycles. The Kier molecular flexibility index (Phi) is 5.84. The van der Waals surface area contributed by atoms with Crippen LogP contribution < -0.4 is 0 Å². The molecule has 0 rings (SSSR count). The molecular formula is C9H9Al. The van der Waals surface area contributed by atoms with E-state index in [4.69, 9.17) is 0 Å². The number of rotatable bonds is 0. The Morgan fingerprint density at radius 3 is 1.20 bits per heavy atom. The first-order valence-corrected chi connectivity index (χ1v) is 4.85.